The molecule has 0 radical (unpaired) electrons. The molecule has 3 rings (SSSR count). The van der Waals surface area contributed by atoms with Gasteiger partial charge in [-0.1, -0.05) is 18.2 Å². The third-order valence-corrected chi connectivity index (χ3v) is 5.60. The SMILES string of the molecule is CN/C=C(/CCCn1ccc(=O)[nH]c1=O)N(N)CCc1ccccc1OC1CCCC1. The van der Waals surface area contributed by atoms with Crippen LogP contribution in [0.5, 0.6) is 5.75 Å². The highest BCUT2D eigenvalue weighted by Gasteiger charge is 2.18. The van der Waals surface area contributed by atoms with E-state index in [-0.39, 0.29) is 5.56 Å². The van der Waals surface area contributed by atoms with Gasteiger partial charge in [-0.2, -0.15) is 0 Å². The molecular formula is C23H33N5O3. The third-order valence-electron chi connectivity index (χ3n) is 5.60. The predicted octanol–water partition coefficient (Wildman–Crippen LogP) is 2.12. The van der Waals surface area contributed by atoms with Crippen molar-refractivity contribution in [2.24, 2.45) is 5.84 Å². The van der Waals surface area contributed by atoms with Crippen LogP contribution < -0.4 is 27.1 Å². The van der Waals surface area contributed by atoms with Crippen molar-refractivity contribution in [1.29, 1.82) is 0 Å². The number of hydrogen-bond acceptors (Lipinski definition) is 6. The summed E-state index contributed by atoms with van der Waals surface area (Å²) in [4.78, 5) is 25.3. The van der Waals surface area contributed by atoms with Gasteiger partial charge >= 0.3 is 5.69 Å². The van der Waals surface area contributed by atoms with E-state index in [2.05, 4.69) is 16.4 Å². The van der Waals surface area contributed by atoms with Gasteiger partial charge < -0.3 is 19.6 Å². The van der Waals surface area contributed by atoms with E-state index < -0.39 is 5.69 Å². The number of aryl methyl sites for hydroxylation is 1. The first kappa shape index (κ1) is 22.7. The highest BCUT2D eigenvalue weighted by molar-refractivity contribution is 5.34. The van der Waals surface area contributed by atoms with Crippen LogP contribution in [0.4, 0.5) is 0 Å². The number of hydrazine groups is 1. The average molecular weight is 428 g/mol. The van der Waals surface area contributed by atoms with Crippen molar-refractivity contribution in [3.63, 3.8) is 0 Å². The number of ether oxygens (including phenoxy) is 1. The Morgan fingerprint density at radius 3 is 2.81 bits per heavy atom. The van der Waals surface area contributed by atoms with Gasteiger partial charge in [-0.25, -0.2) is 10.6 Å². The van der Waals surface area contributed by atoms with Crippen LogP contribution in [0.1, 0.15) is 44.1 Å². The standard InChI is InChI=1S/C23H33N5O3/c1-25-17-19(8-6-14-27-15-13-22(29)26-23(27)30)28(24)16-12-18-7-2-5-11-21(18)31-20-9-3-4-10-20/h2,5,7,11,13,15,17,20,25H,3-4,6,8-10,12,14,16,24H2,1H3,(H,26,29,30)/b19-17-. The lowest BCUT2D eigenvalue weighted by Gasteiger charge is -2.23. The maximum Gasteiger partial charge on any atom is 0.328 e. The molecule has 1 aliphatic carbocycles. The van der Waals surface area contributed by atoms with E-state index in [1.807, 2.05) is 31.4 Å². The van der Waals surface area contributed by atoms with Gasteiger partial charge in [0.05, 0.1) is 6.10 Å². The van der Waals surface area contributed by atoms with Crippen LogP contribution in [-0.4, -0.2) is 34.3 Å². The molecule has 168 valence electrons. The van der Waals surface area contributed by atoms with Gasteiger partial charge in [-0.3, -0.25) is 9.78 Å². The Bertz CT molecular complexity index is 975. The minimum Gasteiger partial charge on any atom is -0.490 e. The van der Waals surface area contributed by atoms with Gasteiger partial charge in [0.1, 0.15) is 5.75 Å². The third kappa shape index (κ3) is 6.75. The van der Waals surface area contributed by atoms with Crippen LogP contribution in [0, 0.1) is 0 Å². The number of allylic oxidation sites excluding steroid dienone is 1. The van der Waals surface area contributed by atoms with Gasteiger partial charge in [0.2, 0.25) is 0 Å². The molecule has 1 fully saturated rings. The Balaban J connectivity index is 1.54. The first-order chi connectivity index (χ1) is 15.1. The number of aromatic nitrogens is 2. The molecule has 0 aliphatic heterocycles. The Hall–Kier alpha value is -3.00. The fraction of sp³-hybridized carbons (Fsp3) is 0.478. The van der Waals surface area contributed by atoms with Gasteiger partial charge in [0, 0.05) is 44.3 Å². The molecule has 0 amide bonds. The quantitative estimate of drug-likeness (QED) is 0.375. The molecule has 0 bridgehead atoms. The molecule has 0 spiro atoms. The van der Waals surface area contributed by atoms with Crippen molar-refractivity contribution >= 4 is 0 Å². The van der Waals surface area contributed by atoms with Crippen LogP contribution in [0.3, 0.4) is 0 Å². The summed E-state index contributed by atoms with van der Waals surface area (Å²) in [5, 5.41) is 4.80. The number of rotatable bonds is 11. The Morgan fingerprint density at radius 1 is 1.29 bits per heavy atom. The Morgan fingerprint density at radius 2 is 2.06 bits per heavy atom. The second-order valence-corrected chi connectivity index (χ2v) is 7.91. The molecule has 1 aromatic heterocycles. The predicted molar refractivity (Wildman–Crippen MR) is 122 cm³/mol. The fourth-order valence-corrected chi connectivity index (χ4v) is 3.91. The summed E-state index contributed by atoms with van der Waals surface area (Å²) in [6.45, 7) is 1.15. The molecule has 0 atom stereocenters. The summed E-state index contributed by atoms with van der Waals surface area (Å²) in [7, 11) is 1.84. The van der Waals surface area contributed by atoms with E-state index in [0.29, 0.717) is 32.0 Å². The molecule has 1 aliphatic rings. The van der Waals surface area contributed by atoms with Crippen molar-refractivity contribution in [2.45, 2.75) is 57.6 Å². The second kappa shape index (κ2) is 11.4. The molecule has 1 saturated carbocycles. The van der Waals surface area contributed by atoms with E-state index in [9.17, 15) is 9.59 Å². The van der Waals surface area contributed by atoms with Gasteiger partial charge in [-0.15, -0.1) is 0 Å². The van der Waals surface area contributed by atoms with Gasteiger partial charge in [-0.05, 0) is 56.6 Å². The first-order valence-electron chi connectivity index (χ1n) is 11.0. The normalized spacial score (nSPS) is 14.6. The Kier molecular flexibility index (Phi) is 8.35. The first-order valence-corrected chi connectivity index (χ1v) is 11.0. The van der Waals surface area contributed by atoms with Gasteiger partial charge in [0.25, 0.3) is 5.56 Å². The number of para-hydroxylation sites is 1. The molecule has 31 heavy (non-hydrogen) atoms. The number of H-pyrrole nitrogens is 1. The summed E-state index contributed by atoms with van der Waals surface area (Å²) in [5.41, 5.74) is 1.33. The van der Waals surface area contributed by atoms with Crippen molar-refractivity contribution in [1.82, 2.24) is 19.9 Å². The maximum atomic E-state index is 11.8. The highest BCUT2D eigenvalue weighted by atomic mass is 16.5. The van der Waals surface area contributed by atoms with E-state index in [4.69, 9.17) is 10.6 Å². The summed E-state index contributed by atoms with van der Waals surface area (Å²) in [5.74, 6) is 7.32. The molecular weight excluding hydrogens is 394 g/mol. The molecule has 8 heteroatoms. The minimum atomic E-state index is -0.393. The van der Waals surface area contributed by atoms with Crippen molar-refractivity contribution in [3.05, 3.63) is 74.8 Å². The number of nitrogens with one attached hydrogen (secondary N) is 2. The molecule has 8 nitrogen and oxygen atoms in total. The minimum absolute atomic E-state index is 0.325. The second-order valence-electron chi connectivity index (χ2n) is 7.91. The number of benzene rings is 1. The zero-order valence-corrected chi connectivity index (χ0v) is 18.2. The Labute approximate surface area is 182 Å². The molecule has 0 saturated heterocycles. The van der Waals surface area contributed by atoms with E-state index >= 15 is 0 Å². The molecule has 1 heterocycles. The molecule has 2 aromatic rings. The lowest BCUT2D eigenvalue weighted by Crippen LogP contribution is -2.33. The van der Waals surface area contributed by atoms with Crippen LogP contribution in [0.25, 0.3) is 0 Å². The fourth-order valence-electron chi connectivity index (χ4n) is 3.91. The van der Waals surface area contributed by atoms with Crippen LogP contribution >= 0.6 is 0 Å². The van der Waals surface area contributed by atoms with Crippen LogP contribution in [0.2, 0.25) is 0 Å². The average Bonchev–Trinajstić information content (AvgIpc) is 3.27. The monoisotopic (exact) mass is 427 g/mol. The summed E-state index contributed by atoms with van der Waals surface area (Å²) < 4.78 is 7.73. The van der Waals surface area contributed by atoms with Crippen LogP contribution in [0.15, 0.2) is 58.0 Å². The lowest BCUT2D eigenvalue weighted by atomic mass is 10.1. The molecule has 0 unspecified atom stereocenters. The number of nitrogens with zero attached hydrogens (tertiary/aromatic N) is 2. The van der Waals surface area contributed by atoms with Crippen molar-refractivity contribution in [3.8, 4) is 5.75 Å². The smallest absolute Gasteiger partial charge is 0.328 e. The van der Waals surface area contributed by atoms with E-state index in [0.717, 1.165) is 36.3 Å². The van der Waals surface area contributed by atoms with Crippen molar-refractivity contribution in [2.75, 3.05) is 13.6 Å². The van der Waals surface area contributed by atoms with Gasteiger partial charge in [0.15, 0.2) is 0 Å². The van der Waals surface area contributed by atoms with E-state index in [1.165, 1.54) is 29.7 Å². The molecule has 1 aromatic carbocycles. The zero-order chi connectivity index (χ0) is 22.1. The number of aromatic amines is 1. The summed E-state index contributed by atoms with van der Waals surface area (Å²) in [6.07, 6.45) is 10.7. The molecule has 4 N–H and O–H groups in total. The number of hydrogen-bond donors (Lipinski definition) is 3. The summed E-state index contributed by atoms with van der Waals surface area (Å²) in [6, 6.07) is 9.54. The largest absolute Gasteiger partial charge is 0.490 e. The summed E-state index contributed by atoms with van der Waals surface area (Å²) >= 11 is 0. The highest BCUT2D eigenvalue weighted by Crippen LogP contribution is 2.27. The maximum absolute atomic E-state index is 11.8. The van der Waals surface area contributed by atoms with E-state index in [1.54, 1.807) is 5.01 Å². The van der Waals surface area contributed by atoms with Crippen molar-refractivity contribution < 1.29 is 4.74 Å². The van der Waals surface area contributed by atoms with Crippen LogP contribution in [-0.2, 0) is 13.0 Å². The lowest BCUT2D eigenvalue weighted by molar-refractivity contribution is 0.207. The number of nitrogens with two attached hydrogens (primary N) is 1. The topological polar surface area (TPSA) is 105 Å². The zero-order valence-electron chi connectivity index (χ0n) is 18.2.